The van der Waals surface area contributed by atoms with E-state index in [-0.39, 0.29) is 0 Å². The lowest BCUT2D eigenvalue weighted by Gasteiger charge is -2.31. The highest BCUT2D eigenvalue weighted by Crippen LogP contribution is 2.66. The molecular formula is C77H52N4O2. The zero-order valence-corrected chi connectivity index (χ0v) is 45.5. The summed E-state index contributed by atoms with van der Waals surface area (Å²) in [7, 11) is 0. The van der Waals surface area contributed by atoms with Gasteiger partial charge >= 0.3 is 0 Å². The van der Waals surface area contributed by atoms with Crippen LogP contribution < -0.4 is 9.47 Å². The van der Waals surface area contributed by atoms with Gasteiger partial charge in [0, 0.05) is 38.7 Å². The van der Waals surface area contributed by atoms with E-state index >= 15 is 0 Å². The predicted molar refractivity (Wildman–Crippen MR) is 336 cm³/mol. The van der Waals surface area contributed by atoms with E-state index in [9.17, 15) is 0 Å². The second-order valence-electron chi connectivity index (χ2n) is 21.8. The van der Waals surface area contributed by atoms with Gasteiger partial charge in [0.05, 0.1) is 16.4 Å². The second-order valence-corrected chi connectivity index (χ2v) is 21.8. The fourth-order valence-electron chi connectivity index (χ4n) is 13.2. The van der Waals surface area contributed by atoms with Crippen molar-refractivity contribution in [1.29, 1.82) is 0 Å². The maximum atomic E-state index is 6.85. The molecule has 13 aromatic rings. The third-order valence-corrected chi connectivity index (χ3v) is 17.0. The van der Waals surface area contributed by atoms with Crippen molar-refractivity contribution in [2.45, 2.75) is 25.2 Å². The number of nitrogens with zero attached hydrogens (tertiary/aromatic N) is 4. The van der Waals surface area contributed by atoms with E-state index < -0.39 is 5.41 Å². The van der Waals surface area contributed by atoms with Crippen LogP contribution in [0.3, 0.4) is 0 Å². The summed E-state index contributed by atoms with van der Waals surface area (Å²) < 4.78 is 15.8. The zero-order chi connectivity index (χ0) is 55.0. The lowest BCUT2D eigenvalue weighted by Crippen LogP contribution is -2.26. The minimum absolute atomic E-state index is 0.564. The number of rotatable bonds is 6. The Morgan fingerprint density at radius 3 is 1.65 bits per heavy atom. The molecule has 4 aliphatic rings. The first-order valence-corrected chi connectivity index (χ1v) is 28.5. The average Bonchev–Trinajstić information content (AvgIpc) is 1.59. The third-order valence-electron chi connectivity index (χ3n) is 17.0. The molecule has 11 aromatic carbocycles. The molecule has 1 aliphatic heterocycles. The lowest BCUT2D eigenvalue weighted by molar-refractivity contribution is 0.360. The molecule has 0 amide bonds. The van der Waals surface area contributed by atoms with Gasteiger partial charge in [-0.3, -0.25) is 0 Å². The van der Waals surface area contributed by atoms with Crippen LogP contribution in [-0.4, -0.2) is 19.5 Å². The minimum Gasteiger partial charge on any atom is -0.449 e. The lowest BCUT2D eigenvalue weighted by atomic mass is 9.70. The van der Waals surface area contributed by atoms with Crippen LogP contribution in [0.2, 0.25) is 0 Å². The van der Waals surface area contributed by atoms with Crippen LogP contribution in [-0.2, 0) is 5.41 Å². The fraction of sp³-hybridized carbons (Fsp3) is 0.0519. The number of hydrogen-bond acceptors (Lipinski definition) is 5. The Labute approximate surface area is 481 Å². The van der Waals surface area contributed by atoms with Gasteiger partial charge in [-0.1, -0.05) is 218 Å². The van der Waals surface area contributed by atoms with Crippen LogP contribution >= 0.6 is 0 Å². The van der Waals surface area contributed by atoms with E-state index in [0.717, 1.165) is 86.0 Å². The van der Waals surface area contributed by atoms with Crippen LogP contribution in [0.5, 0.6) is 23.0 Å². The summed E-state index contributed by atoms with van der Waals surface area (Å²) in [5, 5.41) is 2.42. The third kappa shape index (κ3) is 7.89. The van der Waals surface area contributed by atoms with E-state index in [2.05, 4.69) is 206 Å². The van der Waals surface area contributed by atoms with Gasteiger partial charge in [0.2, 0.25) is 0 Å². The molecule has 0 fully saturated rings. The Hall–Kier alpha value is -10.7. The number of aromatic nitrogens is 4. The molecule has 6 heteroatoms. The molecule has 1 spiro atoms. The van der Waals surface area contributed by atoms with Gasteiger partial charge in [-0.05, 0) is 142 Å². The summed E-state index contributed by atoms with van der Waals surface area (Å²) in [6.07, 6.45) is 6.34. The van der Waals surface area contributed by atoms with Crippen molar-refractivity contribution >= 4 is 33.0 Å². The molecule has 0 saturated carbocycles. The number of benzene rings is 11. The Bertz CT molecular complexity index is 4690. The summed E-state index contributed by atoms with van der Waals surface area (Å²) in [6.45, 7) is 2.08. The van der Waals surface area contributed by atoms with E-state index in [4.69, 9.17) is 24.4 Å². The van der Waals surface area contributed by atoms with Gasteiger partial charge in [0.15, 0.2) is 40.5 Å². The summed E-state index contributed by atoms with van der Waals surface area (Å²) in [5.41, 5.74) is 21.7. The van der Waals surface area contributed by atoms with Crippen molar-refractivity contribution in [1.82, 2.24) is 19.5 Å². The first-order valence-electron chi connectivity index (χ1n) is 28.5. The Morgan fingerprint density at radius 2 is 0.964 bits per heavy atom. The molecule has 0 radical (unpaired) electrons. The SMILES string of the molecule is C1=C(c2ccc(-n3c4ccccc4c4cc(-c5ccc6c(c5)C5(c7ccccc7-c7ccccc75)c5ccc7c(c5-6)Oc5ccccc5O7)ccc43)cc2)CCC=C1c1nc(-c2ccccc2)nc(-c2ccccc2)n1.Cc1ccccc1. The van der Waals surface area contributed by atoms with Gasteiger partial charge in [0.25, 0.3) is 0 Å². The molecule has 0 atom stereocenters. The van der Waals surface area contributed by atoms with Crippen molar-refractivity contribution in [2.24, 2.45) is 0 Å². The molecule has 83 heavy (non-hydrogen) atoms. The predicted octanol–water partition coefficient (Wildman–Crippen LogP) is 19.5. The number of ether oxygens (including phenoxy) is 2. The van der Waals surface area contributed by atoms with Crippen LogP contribution in [0.1, 0.15) is 52.0 Å². The molecule has 6 nitrogen and oxygen atoms in total. The Kier molecular flexibility index (Phi) is 11.4. The smallest absolute Gasteiger partial charge is 0.178 e. The number of fused-ring (bicyclic) bond motifs is 16. The minimum atomic E-state index is -0.564. The van der Waals surface area contributed by atoms with Gasteiger partial charge in [-0.25, -0.2) is 15.0 Å². The highest BCUT2D eigenvalue weighted by molar-refractivity contribution is 6.11. The standard InChI is InChI=1S/C70H44N4O2.C7H8/c1-3-16-44(17-4-1)67-71-68(45-18-5-2-6-19-45)73-69(72-67)49-21-15-20-46(40-49)43-30-34-50(35-31-43)74-60-27-12-9-24-53(60)55-41-47(33-38-61(55)74)48-32-36-54-59(42-48)70(56-25-10-7-22-51(56)52-23-8-11-26-57(52)70)58-37-39-64-66(65(54)58)76-63-29-14-13-28-62(63)75-64;1-7-5-3-2-4-6-7/h1-14,16-19,21-42H,15,20H2;2-6H,1H3. The molecule has 0 saturated heterocycles. The van der Waals surface area contributed by atoms with Crippen molar-refractivity contribution in [2.75, 3.05) is 0 Å². The monoisotopic (exact) mass is 1060 g/mol. The normalized spacial score (nSPS) is 13.7. The van der Waals surface area contributed by atoms with Gasteiger partial charge in [-0.2, -0.15) is 0 Å². The van der Waals surface area contributed by atoms with Crippen molar-refractivity contribution in [3.63, 3.8) is 0 Å². The average molecular weight is 1070 g/mol. The summed E-state index contributed by atoms with van der Waals surface area (Å²) in [4.78, 5) is 15.0. The van der Waals surface area contributed by atoms with Gasteiger partial charge < -0.3 is 14.0 Å². The van der Waals surface area contributed by atoms with Gasteiger partial charge in [0.1, 0.15) is 0 Å². The molecule has 0 unspecified atom stereocenters. The van der Waals surface area contributed by atoms with E-state index in [0.29, 0.717) is 17.5 Å². The quantitative estimate of drug-likeness (QED) is 0.166. The largest absolute Gasteiger partial charge is 0.449 e. The molecule has 0 N–H and O–H groups in total. The maximum absolute atomic E-state index is 6.85. The maximum Gasteiger partial charge on any atom is 0.178 e. The molecular weight excluding hydrogens is 1010 g/mol. The summed E-state index contributed by atoms with van der Waals surface area (Å²) in [6, 6.07) is 92.6. The van der Waals surface area contributed by atoms with Crippen molar-refractivity contribution in [3.8, 4) is 84.8 Å². The molecule has 17 rings (SSSR count). The molecule has 0 bridgehead atoms. The number of aryl methyl sites for hydroxylation is 1. The summed E-state index contributed by atoms with van der Waals surface area (Å²) >= 11 is 0. The van der Waals surface area contributed by atoms with E-state index in [1.165, 1.54) is 66.4 Å². The fourth-order valence-corrected chi connectivity index (χ4v) is 13.2. The summed E-state index contributed by atoms with van der Waals surface area (Å²) in [5.74, 6) is 4.94. The molecule has 3 aliphatic carbocycles. The van der Waals surface area contributed by atoms with Crippen LogP contribution in [0.25, 0.3) is 94.8 Å². The van der Waals surface area contributed by atoms with Crippen LogP contribution in [0, 0.1) is 6.92 Å². The zero-order valence-electron chi connectivity index (χ0n) is 45.5. The van der Waals surface area contributed by atoms with Gasteiger partial charge in [-0.15, -0.1) is 0 Å². The highest BCUT2D eigenvalue weighted by atomic mass is 16.6. The molecule has 3 heterocycles. The van der Waals surface area contributed by atoms with Crippen LogP contribution in [0.4, 0.5) is 0 Å². The number of hydrogen-bond donors (Lipinski definition) is 0. The Balaban J connectivity index is 0.000000755. The molecule has 392 valence electrons. The van der Waals surface area contributed by atoms with E-state index in [1.54, 1.807) is 0 Å². The van der Waals surface area contributed by atoms with E-state index in [1.807, 2.05) is 78.9 Å². The highest BCUT2D eigenvalue weighted by Gasteiger charge is 2.53. The van der Waals surface area contributed by atoms with Crippen molar-refractivity contribution in [3.05, 3.63) is 312 Å². The first-order chi connectivity index (χ1) is 41.0. The second kappa shape index (κ2) is 19.5. The number of allylic oxidation sites excluding steroid dienone is 4. The topological polar surface area (TPSA) is 62.1 Å². The molecule has 2 aromatic heterocycles. The first kappa shape index (κ1) is 48.2. The number of para-hydroxylation sites is 3. The van der Waals surface area contributed by atoms with Crippen LogP contribution in [0.15, 0.2) is 273 Å². The van der Waals surface area contributed by atoms with Crippen molar-refractivity contribution < 1.29 is 9.47 Å². The Morgan fingerprint density at radius 1 is 0.398 bits per heavy atom.